The molecule has 1 aromatic carbocycles. The molecule has 0 saturated carbocycles. The number of nitrogens with zero attached hydrogens (tertiary/aromatic N) is 4. The molecule has 212 valence electrons. The fourth-order valence-corrected chi connectivity index (χ4v) is 6.42. The molecule has 3 aromatic rings. The van der Waals surface area contributed by atoms with Gasteiger partial charge in [-0.05, 0) is 44.5 Å². The minimum Gasteiger partial charge on any atom is -0.365 e. The maximum Gasteiger partial charge on any atom is 0.393 e. The standard InChI is InChI=1S/C26H33F3N6S.O2S/c1-34-10-5-8-19(34)14-30-23-16-35(15-18-6-3-2-4-7-18)11-9-22(23)33-24-21-12-20(13-26(27,28)29)36-25(21)32-17-31-24;1-3-2/h2-4,6-7,12,17,19,22-23,30H,5,8-11,13-16H2,1H3,(H,31,32,33);/t19-,22+,23+;/m0./s1. The summed E-state index contributed by atoms with van der Waals surface area (Å²) < 4.78 is 55.5. The second-order valence-corrected chi connectivity index (χ2v) is 11.3. The summed E-state index contributed by atoms with van der Waals surface area (Å²) in [5.41, 5.74) is 1.30. The number of hydrogen-bond donors (Lipinski definition) is 2. The maximum atomic E-state index is 13.0. The molecule has 2 saturated heterocycles. The van der Waals surface area contributed by atoms with Crippen molar-refractivity contribution in [3.8, 4) is 0 Å². The van der Waals surface area contributed by atoms with Gasteiger partial charge in [0.1, 0.15) is 17.0 Å². The van der Waals surface area contributed by atoms with Crippen LogP contribution >= 0.6 is 11.3 Å². The zero-order valence-electron chi connectivity index (χ0n) is 21.7. The largest absolute Gasteiger partial charge is 0.393 e. The molecule has 13 heteroatoms. The highest BCUT2D eigenvalue weighted by molar-refractivity contribution is 7.51. The van der Waals surface area contributed by atoms with Crippen molar-refractivity contribution in [2.75, 3.05) is 38.5 Å². The molecular formula is C26H33F3N6O2S2. The van der Waals surface area contributed by atoms with E-state index in [1.165, 1.54) is 24.7 Å². The summed E-state index contributed by atoms with van der Waals surface area (Å²) in [5, 5.41) is 8.09. The monoisotopic (exact) mass is 582 g/mol. The van der Waals surface area contributed by atoms with E-state index in [1.54, 1.807) is 6.07 Å². The van der Waals surface area contributed by atoms with E-state index in [0.717, 1.165) is 50.5 Å². The predicted octanol–water partition coefficient (Wildman–Crippen LogP) is 3.86. The van der Waals surface area contributed by atoms with E-state index in [1.807, 2.05) is 6.07 Å². The molecule has 4 heterocycles. The van der Waals surface area contributed by atoms with Gasteiger partial charge in [-0.1, -0.05) is 30.3 Å². The molecule has 0 radical (unpaired) electrons. The first-order valence-electron chi connectivity index (χ1n) is 12.9. The average Bonchev–Trinajstić information content (AvgIpc) is 3.49. The summed E-state index contributed by atoms with van der Waals surface area (Å²) in [4.78, 5) is 14.4. The second-order valence-electron chi connectivity index (χ2n) is 10.1. The number of rotatable bonds is 8. The van der Waals surface area contributed by atoms with Gasteiger partial charge in [-0.2, -0.15) is 21.6 Å². The second kappa shape index (κ2) is 13.8. The third-order valence-corrected chi connectivity index (χ3v) is 8.35. The summed E-state index contributed by atoms with van der Waals surface area (Å²) >= 11 is 0.340. The van der Waals surface area contributed by atoms with Gasteiger partial charge in [-0.3, -0.25) is 4.90 Å². The first-order valence-corrected chi connectivity index (χ1v) is 14.4. The van der Waals surface area contributed by atoms with Crippen LogP contribution in [-0.2, 0) is 24.5 Å². The SMILES string of the molecule is CN1CCC[C@H]1CN[C@@H]1CN(Cc2ccccc2)CC[C@H]1Nc1ncnc2sc(CC(F)(F)F)cc12.O=S=O. The molecule has 2 aromatic heterocycles. The smallest absolute Gasteiger partial charge is 0.365 e. The third kappa shape index (κ3) is 8.52. The van der Waals surface area contributed by atoms with Gasteiger partial charge in [0.05, 0.1) is 11.8 Å². The van der Waals surface area contributed by atoms with Gasteiger partial charge in [0.25, 0.3) is 0 Å². The molecule has 0 aliphatic carbocycles. The van der Waals surface area contributed by atoms with Gasteiger partial charge < -0.3 is 15.5 Å². The van der Waals surface area contributed by atoms with Crippen LogP contribution in [0.5, 0.6) is 0 Å². The molecule has 8 nitrogen and oxygen atoms in total. The van der Waals surface area contributed by atoms with Crippen LogP contribution in [-0.4, -0.2) is 85.7 Å². The summed E-state index contributed by atoms with van der Waals surface area (Å²) in [6.45, 7) is 4.78. The highest BCUT2D eigenvalue weighted by atomic mass is 32.1. The summed E-state index contributed by atoms with van der Waals surface area (Å²) in [5.74, 6) is 0.621. The Balaban J connectivity index is 0.00000112. The molecule has 5 rings (SSSR count). The van der Waals surface area contributed by atoms with Gasteiger partial charge in [-0.25, -0.2) is 9.97 Å². The number of anilines is 1. The van der Waals surface area contributed by atoms with E-state index in [4.69, 9.17) is 8.42 Å². The van der Waals surface area contributed by atoms with Gasteiger partial charge >= 0.3 is 17.7 Å². The molecule has 0 spiro atoms. The number of piperidine rings is 1. The third-order valence-electron chi connectivity index (χ3n) is 7.31. The number of alkyl halides is 3. The number of thiophene rings is 1. The Labute approximate surface area is 233 Å². The van der Waals surface area contributed by atoms with E-state index < -0.39 is 24.2 Å². The molecule has 2 fully saturated rings. The molecule has 0 unspecified atom stereocenters. The summed E-state index contributed by atoms with van der Waals surface area (Å²) in [6.07, 6.45) is -0.395. The number of aromatic nitrogens is 2. The molecule has 2 N–H and O–H groups in total. The lowest BCUT2D eigenvalue weighted by Gasteiger charge is -2.40. The average molecular weight is 583 g/mol. The Bertz CT molecular complexity index is 1240. The quantitative estimate of drug-likeness (QED) is 0.414. The zero-order chi connectivity index (χ0) is 27.8. The Morgan fingerprint density at radius 1 is 1.10 bits per heavy atom. The van der Waals surface area contributed by atoms with Crippen LogP contribution in [0.2, 0.25) is 0 Å². The Morgan fingerprint density at radius 2 is 1.87 bits per heavy atom. The maximum absolute atomic E-state index is 13.0. The fraction of sp³-hybridized carbons (Fsp3) is 0.538. The van der Waals surface area contributed by atoms with Gasteiger partial charge in [-0.15, -0.1) is 11.3 Å². The van der Waals surface area contributed by atoms with Crippen molar-refractivity contribution in [3.63, 3.8) is 0 Å². The molecule has 2 aliphatic heterocycles. The van der Waals surface area contributed by atoms with E-state index in [2.05, 4.69) is 61.7 Å². The van der Waals surface area contributed by atoms with Gasteiger partial charge in [0, 0.05) is 49.2 Å². The lowest BCUT2D eigenvalue weighted by molar-refractivity contribution is -0.126. The van der Waals surface area contributed by atoms with Crippen molar-refractivity contribution in [2.24, 2.45) is 0 Å². The van der Waals surface area contributed by atoms with Gasteiger partial charge in [0.15, 0.2) is 0 Å². The van der Waals surface area contributed by atoms with Crippen LogP contribution < -0.4 is 10.6 Å². The van der Waals surface area contributed by atoms with Crippen molar-refractivity contribution in [1.82, 2.24) is 25.1 Å². The minimum atomic E-state index is -4.24. The number of hydrogen-bond acceptors (Lipinski definition) is 9. The van der Waals surface area contributed by atoms with Crippen molar-refractivity contribution >= 4 is 38.9 Å². The van der Waals surface area contributed by atoms with Crippen molar-refractivity contribution < 1.29 is 21.6 Å². The molecule has 39 heavy (non-hydrogen) atoms. The van der Waals surface area contributed by atoms with Gasteiger partial charge in [0.2, 0.25) is 0 Å². The van der Waals surface area contributed by atoms with Crippen molar-refractivity contribution in [2.45, 2.75) is 56.5 Å². The molecule has 2 aliphatic rings. The van der Waals surface area contributed by atoms with E-state index in [9.17, 15) is 13.2 Å². The van der Waals surface area contributed by atoms with E-state index in [-0.39, 0.29) is 17.0 Å². The van der Waals surface area contributed by atoms with Crippen LogP contribution in [0.1, 0.15) is 29.7 Å². The van der Waals surface area contributed by atoms with Crippen LogP contribution in [0.25, 0.3) is 10.2 Å². The van der Waals surface area contributed by atoms with Crippen molar-refractivity contribution in [3.05, 3.63) is 53.2 Å². The summed E-state index contributed by atoms with van der Waals surface area (Å²) in [7, 11) is 2.18. The predicted molar refractivity (Wildman–Crippen MR) is 147 cm³/mol. The summed E-state index contributed by atoms with van der Waals surface area (Å²) in [6, 6.07) is 12.9. The lowest BCUT2D eigenvalue weighted by Crippen LogP contribution is -2.57. The topological polar surface area (TPSA) is 90.5 Å². The Morgan fingerprint density at radius 3 is 2.56 bits per heavy atom. The van der Waals surface area contributed by atoms with Crippen LogP contribution in [0.15, 0.2) is 42.7 Å². The first-order chi connectivity index (χ1) is 18.8. The van der Waals surface area contributed by atoms with Crippen molar-refractivity contribution in [1.29, 1.82) is 0 Å². The zero-order valence-corrected chi connectivity index (χ0v) is 23.3. The van der Waals surface area contributed by atoms with Crippen LogP contribution in [0, 0.1) is 0 Å². The normalized spacial score (nSPS) is 22.4. The number of likely N-dealkylation sites (N-methyl/N-ethyl adjacent to an activating group) is 1. The van der Waals surface area contributed by atoms with E-state index >= 15 is 0 Å². The van der Waals surface area contributed by atoms with Crippen LogP contribution in [0.3, 0.4) is 0 Å². The van der Waals surface area contributed by atoms with Crippen LogP contribution in [0.4, 0.5) is 19.0 Å². The number of nitrogens with one attached hydrogen (secondary N) is 2. The number of benzene rings is 1. The molecule has 0 bridgehead atoms. The highest BCUT2D eigenvalue weighted by Crippen LogP contribution is 2.33. The minimum absolute atomic E-state index is 0.118. The molecule has 0 amide bonds. The first kappa shape index (κ1) is 29.5. The number of fused-ring (bicyclic) bond motifs is 1. The Kier molecular flexibility index (Phi) is 10.4. The fourth-order valence-electron chi connectivity index (χ4n) is 5.39. The number of halogens is 3. The molecular weight excluding hydrogens is 549 g/mol. The highest BCUT2D eigenvalue weighted by Gasteiger charge is 2.32. The lowest BCUT2D eigenvalue weighted by atomic mass is 9.97. The number of likely N-dealkylation sites (tertiary alicyclic amines) is 2. The molecule has 3 atom stereocenters. The van der Waals surface area contributed by atoms with E-state index in [0.29, 0.717) is 22.1 Å². The Hall–Kier alpha value is -2.45.